The molecule has 0 N–H and O–H groups in total. The second kappa shape index (κ2) is 19.6. The fraction of sp³-hybridized carbons (Fsp3) is 0.0380. The summed E-state index contributed by atoms with van der Waals surface area (Å²) in [7, 11) is 0. The maximum atomic E-state index is 4.12. The van der Waals surface area contributed by atoms with Crippen molar-refractivity contribution in [2.24, 2.45) is 0 Å². The van der Waals surface area contributed by atoms with Gasteiger partial charge < -0.3 is 9.47 Å². The summed E-state index contributed by atoms with van der Waals surface area (Å²) in [4.78, 5) is 2.48. The van der Waals surface area contributed by atoms with Crippen LogP contribution in [0.3, 0.4) is 0 Å². The molecule has 0 radical (unpaired) electrons. The van der Waals surface area contributed by atoms with E-state index in [2.05, 4.69) is 302 Å². The van der Waals surface area contributed by atoms with Gasteiger partial charge in [0.15, 0.2) is 0 Å². The van der Waals surface area contributed by atoms with Crippen molar-refractivity contribution < 1.29 is 0 Å². The lowest BCUT2D eigenvalue weighted by molar-refractivity contribution is 0.768. The Morgan fingerprint density at radius 1 is 0.346 bits per heavy atom. The van der Waals surface area contributed by atoms with Crippen LogP contribution in [-0.4, -0.2) is 4.57 Å². The van der Waals surface area contributed by atoms with Crippen molar-refractivity contribution in [3.05, 3.63) is 337 Å². The van der Waals surface area contributed by atoms with Crippen LogP contribution in [0.15, 0.2) is 292 Å². The molecule has 0 spiro atoms. The summed E-state index contributed by atoms with van der Waals surface area (Å²) in [5.41, 5.74) is 28.1. The van der Waals surface area contributed by atoms with Gasteiger partial charge in [-0.2, -0.15) is 0 Å². The molecule has 15 rings (SSSR count). The molecule has 2 aliphatic carbocycles. The number of hydrogen-bond donors (Lipinski definition) is 0. The van der Waals surface area contributed by atoms with Gasteiger partial charge in [0.25, 0.3) is 0 Å². The van der Waals surface area contributed by atoms with Gasteiger partial charge in [0.05, 0.1) is 22.1 Å². The maximum absolute atomic E-state index is 4.12. The van der Waals surface area contributed by atoms with Crippen LogP contribution < -0.4 is 4.90 Å². The molecule has 1 aromatic heterocycles. The van der Waals surface area contributed by atoms with Crippen molar-refractivity contribution in [2.45, 2.75) is 18.3 Å². The highest BCUT2D eigenvalue weighted by molar-refractivity contribution is 6.12. The van der Waals surface area contributed by atoms with Gasteiger partial charge in [0, 0.05) is 33.4 Å². The SMILES string of the molecule is C=Cc1ccc(-n2c3ccc(-c4ccc5c(c4)CC5)cc3c3cc(-c4ccccc4-c4ccccc4N(c4ccc(-c5ccccc5)cc4)c4ccc5c(c4)C(c4ccccc4)(c4ccc(C=C)cc4)c4ccccc4-5)ccc32)cc1. The lowest BCUT2D eigenvalue weighted by Crippen LogP contribution is -2.28. The van der Waals surface area contributed by atoms with Gasteiger partial charge in [0.1, 0.15) is 0 Å². The molecule has 0 saturated heterocycles. The molecular weight excluding hydrogens is 977 g/mol. The van der Waals surface area contributed by atoms with E-state index >= 15 is 0 Å². The van der Waals surface area contributed by atoms with Gasteiger partial charge in [-0.15, -0.1) is 0 Å². The third kappa shape index (κ3) is 7.86. The number of benzene rings is 12. The number of rotatable bonds is 12. The number of anilines is 3. The quantitative estimate of drug-likeness (QED) is 0.118. The zero-order valence-electron chi connectivity index (χ0n) is 44.9. The Morgan fingerprint density at radius 2 is 0.864 bits per heavy atom. The fourth-order valence-corrected chi connectivity index (χ4v) is 13.3. The van der Waals surface area contributed by atoms with Crippen LogP contribution in [-0.2, 0) is 18.3 Å². The Balaban J connectivity index is 0.927. The third-order valence-electron chi connectivity index (χ3n) is 17.3. The first-order valence-corrected chi connectivity index (χ1v) is 28.2. The monoisotopic (exact) mass is 1030 g/mol. The average Bonchev–Trinajstić information content (AvgIpc) is 2.61. The van der Waals surface area contributed by atoms with E-state index < -0.39 is 5.41 Å². The summed E-state index contributed by atoms with van der Waals surface area (Å²) in [5, 5.41) is 2.44. The molecule has 1 heterocycles. The Morgan fingerprint density at radius 3 is 1.56 bits per heavy atom. The number of para-hydroxylation sites is 1. The smallest absolute Gasteiger partial charge is 0.0714 e. The minimum Gasteiger partial charge on any atom is -0.310 e. The molecule has 0 fully saturated rings. The van der Waals surface area contributed by atoms with Gasteiger partial charge in [-0.25, -0.2) is 0 Å². The van der Waals surface area contributed by atoms with Crippen molar-refractivity contribution in [3.63, 3.8) is 0 Å². The molecule has 0 saturated carbocycles. The van der Waals surface area contributed by atoms with E-state index in [1.807, 2.05) is 12.2 Å². The van der Waals surface area contributed by atoms with Crippen molar-refractivity contribution in [1.82, 2.24) is 4.57 Å². The van der Waals surface area contributed by atoms with E-state index in [1.165, 1.54) is 95.0 Å². The second-order valence-corrected chi connectivity index (χ2v) is 21.6. The van der Waals surface area contributed by atoms with Gasteiger partial charge in [-0.3, -0.25) is 0 Å². The van der Waals surface area contributed by atoms with Gasteiger partial charge in [0.2, 0.25) is 0 Å². The minimum atomic E-state index is -0.600. The van der Waals surface area contributed by atoms with E-state index in [-0.39, 0.29) is 0 Å². The molecule has 2 aliphatic rings. The van der Waals surface area contributed by atoms with E-state index in [0.717, 1.165) is 62.6 Å². The second-order valence-electron chi connectivity index (χ2n) is 21.6. The molecule has 0 amide bonds. The van der Waals surface area contributed by atoms with Crippen LogP contribution >= 0.6 is 0 Å². The zero-order valence-corrected chi connectivity index (χ0v) is 44.9. The fourth-order valence-electron chi connectivity index (χ4n) is 13.3. The van der Waals surface area contributed by atoms with Gasteiger partial charge in [-0.1, -0.05) is 238 Å². The molecule has 12 aromatic carbocycles. The van der Waals surface area contributed by atoms with Crippen molar-refractivity contribution in [1.29, 1.82) is 0 Å². The van der Waals surface area contributed by atoms with Crippen molar-refractivity contribution in [3.8, 4) is 61.3 Å². The molecule has 1 unspecified atom stereocenters. The molecule has 2 heteroatoms. The number of nitrogens with zero attached hydrogens (tertiary/aromatic N) is 2. The van der Waals surface area contributed by atoms with Crippen LogP contribution in [0.1, 0.15) is 44.5 Å². The highest BCUT2D eigenvalue weighted by Crippen LogP contribution is 2.58. The van der Waals surface area contributed by atoms with Gasteiger partial charge >= 0.3 is 0 Å². The first-order chi connectivity index (χ1) is 40.0. The highest BCUT2D eigenvalue weighted by atomic mass is 15.1. The number of hydrogen-bond acceptors (Lipinski definition) is 1. The van der Waals surface area contributed by atoms with Crippen molar-refractivity contribution in [2.75, 3.05) is 4.90 Å². The summed E-state index contributed by atoms with van der Waals surface area (Å²) in [5.74, 6) is 0. The summed E-state index contributed by atoms with van der Waals surface area (Å²) in [6, 6.07) is 104. The predicted octanol–water partition coefficient (Wildman–Crippen LogP) is 20.7. The molecule has 0 bridgehead atoms. The van der Waals surface area contributed by atoms with E-state index in [4.69, 9.17) is 0 Å². The first-order valence-electron chi connectivity index (χ1n) is 28.2. The van der Waals surface area contributed by atoms with Crippen molar-refractivity contribution >= 4 is 51.0 Å². The van der Waals surface area contributed by atoms with Crippen LogP contribution in [0.5, 0.6) is 0 Å². The Bertz CT molecular complexity index is 4580. The molecule has 2 nitrogen and oxygen atoms in total. The van der Waals surface area contributed by atoms with Crippen LogP contribution in [0.2, 0.25) is 0 Å². The van der Waals surface area contributed by atoms with E-state index in [1.54, 1.807) is 0 Å². The molecule has 1 atom stereocenters. The number of aromatic nitrogens is 1. The Kier molecular flexibility index (Phi) is 11.6. The average molecular weight is 1030 g/mol. The lowest BCUT2D eigenvalue weighted by atomic mass is 9.67. The summed E-state index contributed by atoms with van der Waals surface area (Å²) in [6.07, 6.45) is 6.16. The third-order valence-corrected chi connectivity index (χ3v) is 17.3. The Labute approximate surface area is 474 Å². The zero-order chi connectivity index (χ0) is 54.0. The normalized spacial score (nSPS) is 14.0. The molecule has 13 aromatic rings. The minimum absolute atomic E-state index is 0.600. The largest absolute Gasteiger partial charge is 0.310 e. The standard InChI is InChI=1S/C79H56N2/c1-3-53-27-39-63(40-28-53)79(62-19-9-6-10-20-62)74-25-15-13-23-69(74)70-46-45-66(52-75(70)79)80(64-43-35-56(36-44-64)55-17-7-5-8-18-55)76-26-16-14-24-71(76)68-22-12-11-21-67(68)61-38-48-78-73(51-61)72-50-60(59-34-32-57-31-33-58(57)49-59)37-47-77(72)81(78)65-41-29-54(4-2)30-42-65/h3-30,32,34-52H,1-2,31,33H2. The molecule has 382 valence electrons. The van der Waals surface area contributed by atoms with E-state index in [0.29, 0.717) is 0 Å². The lowest BCUT2D eigenvalue weighted by Gasteiger charge is -2.35. The maximum Gasteiger partial charge on any atom is 0.0714 e. The molecule has 0 aliphatic heterocycles. The topological polar surface area (TPSA) is 8.17 Å². The summed E-state index contributed by atoms with van der Waals surface area (Å²) < 4.78 is 2.42. The van der Waals surface area contributed by atoms with Crippen LogP contribution in [0, 0.1) is 0 Å². The van der Waals surface area contributed by atoms with Gasteiger partial charge in [-0.05, 0) is 174 Å². The molecular formula is C79H56N2. The summed E-state index contributed by atoms with van der Waals surface area (Å²) >= 11 is 0. The number of aryl methyl sites for hydroxylation is 2. The molecule has 81 heavy (non-hydrogen) atoms. The first kappa shape index (κ1) is 47.9. The van der Waals surface area contributed by atoms with Crippen LogP contribution in [0.25, 0.3) is 95.3 Å². The van der Waals surface area contributed by atoms with E-state index in [9.17, 15) is 0 Å². The number of fused-ring (bicyclic) bond motifs is 7. The highest BCUT2D eigenvalue weighted by Gasteiger charge is 2.46. The summed E-state index contributed by atoms with van der Waals surface area (Å²) in [6.45, 7) is 8.16. The Hall–Kier alpha value is -10.3. The predicted molar refractivity (Wildman–Crippen MR) is 342 cm³/mol. The van der Waals surface area contributed by atoms with Crippen LogP contribution in [0.4, 0.5) is 17.1 Å².